The number of urea groups is 1. The third kappa shape index (κ3) is 3.71. The predicted octanol–water partition coefficient (Wildman–Crippen LogP) is 0.528. The van der Waals surface area contributed by atoms with E-state index in [1.807, 2.05) is 13.8 Å². The van der Waals surface area contributed by atoms with Crippen molar-refractivity contribution in [3.8, 4) is 0 Å². The highest BCUT2D eigenvalue weighted by Gasteiger charge is 2.42. The zero-order chi connectivity index (χ0) is 19.4. The van der Waals surface area contributed by atoms with Crippen molar-refractivity contribution in [3.63, 3.8) is 0 Å². The highest BCUT2D eigenvalue weighted by atomic mass is 16.2. The Kier molecular flexibility index (Phi) is 5.71. The van der Waals surface area contributed by atoms with Gasteiger partial charge in [-0.2, -0.15) is 0 Å². The van der Waals surface area contributed by atoms with Crippen molar-refractivity contribution < 1.29 is 24.0 Å². The zero-order valence-corrected chi connectivity index (χ0v) is 14.8. The Balaban J connectivity index is 2.00. The van der Waals surface area contributed by atoms with E-state index in [2.05, 4.69) is 5.32 Å². The summed E-state index contributed by atoms with van der Waals surface area (Å²) in [5, 5.41) is 2.52. The highest BCUT2D eigenvalue weighted by molar-refractivity contribution is 6.44. The summed E-state index contributed by atoms with van der Waals surface area (Å²) < 4.78 is 0. The molecule has 2 rings (SSSR count). The minimum atomic E-state index is -1.03. The predicted molar refractivity (Wildman–Crippen MR) is 92.2 cm³/mol. The zero-order valence-electron chi connectivity index (χ0n) is 14.8. The summed E-state index contributed by atoms with van der Waals surface area (Å²) in [4.78, 5) is 62.0. The lowest BCUT2D eigenvalue weighted by atomic mass is 10.1. The van der Waals surface area contributed by atoms with Gasteiger partial charge in [-0.1, -0.05) is 0 Å². The molecule has 0 unspecified atom stereocenters. The van der Waals surface area contributed by atoms with Crippen LogP contribution in [0.3, 0.4) is 0 Å². The first-order valence-corrected chi connectivity index (χ1v) is 8.12. The van der Waals surface area contributed by atoms with E-state index in [1.54, 1.807) is 29.2 Å². The van der Waals surface area contributed by atoms with Gasteiger partial charge in [0.1, 0.15) is 6.54 Å². The standard InChI is InChI=1S/C17H20N4O5/c1-4-20(5-2)14(23)11-6-8-12(9-7-11)18-13(22)10-21-16(25)15(24)19(3)17(21)26/h6-9H,4-5,10H2,1-3H3,(H,18,22). The first kappa shape index (κ1) is 19.1. The number of likely N-dealkylation sites (N-methyl/N-ethyl adjacent to an activating group) is 1. The normalized spacial score (nSPS) is 14.0. The molecule has 0 aliphatic carbocycles. The molecule has 1 saturated heterocycles. The molecule has 0 atom stereocenters. The van der Waals surface area contributed by atoms with E-state index < -0.39 is 30.3 Å². The Morgan fingerprint density at radius 3 is 2.04 bits per heavy atom. The van der Waals surface area contributed by atoms with E-state index in [1.165, 1.54) is 7.05 Å². The van der Waals surface area contributed by atoms with Crippen molar-refractivity contribution in [2.45, 2.75) is 13.8 Å². The first-order chi connectivity index (χ1) is 12.3. The lowest BCUT2D eigenvalue weighted by Crippen LogP contribution is -2.38. The van der Waals surface area contributed by atoms with E-state index >= 15 is 0 Å². The molecule has 1 heterocycles. The molecule has 1 aliphatic rings. The van der Waals surface area contributed by atoms with Gasteiger partial charge in [0.2, 0.25) is 5.91 Å². The Hall–Kier alpha value is -3.23. The second-order valence-corrected chi connectivity index (χ2v) is 5.64. The third-order valence-electron chi connectivity index (χ3n) is 4.02. The minimum absolute atomic E-state index is 0.109. The van der Waals surface area contributed by atoms with E-state index in [9.17, 15) is 24.0 Å². The molecule has 0 aromatic heterocycles. The maximum Gasteiger partial charge on any atom is 0.334 e. The maximum absolute atomic E-state index is 12.2. The molecule has 138 valence electrons. The monoisotopic (exact) mass is 360 g/mol. The number of carbonyl (C=O) groups excluding carboxylic acids is 5. The van der Waals surface area contributed by atoms with Crippen LogP contribution in [0.25, 0.3) is 0 Å². The number of hydrogen-bond acceptors (Lipinski definition) is 5. The number of amides is 6. The number of nitrogens with zero attached hydrogens (tertiary/aromatic N) is 3. The van der Waals surface area contributed by atoms with Crippen LogP contribution in [0.4, 0.5) is 10.5 Å². The molecule has 6 amide bonds. The van der Waals surface area contributed by atoms with Crippen LogP contribution in [-0.4, -0.2) is 71.0 Å². The number of benzene rings is 1. The van der Waals surface area contributed by atoms with Crippen LogP contribution >= 0.6 is 0 Å². The van der Waals surface area contributed by atoms with E-state index in [0.29, 0.717) is 34.1 Å². The van der Waals surface area contributed by atoms with Gasteiger partial charge >= 0.3 is 17.8 Å². The fraction of sp³-hybridized carbons (Fsp3) is 0.353. The SMILES string of the molecule is CCN(CC)C(=O)c1ccc(NC(=O)CN2C(=O)C(=O)N(C)C2=O)cc1. The van der Waals surface area contributed by atoms with Gasteiger partial charge in [0.05, 0.1) is 0 Å². The number of rotatable bonds is 6. The van der Waals surface area contributed by atoms with Crippen LogP contribution in [0.15, 0.2) is 24.3 Å². The smallest absolute Gasteiger partial charge is 0.334 e. The minimum Gasteiger partial charge on any atom is -0.339 e. The topological polar surface area (TPSA) is 107 Å². The Labute approximate surface area is 150 Å². The summed E-state index contributed by atoms with van der Waals surface area (Å²) in [5.74, 6) is -2.74. The van der Waals surface area contributed by atoms with Crippen molar-refractivity contribution in [1.29, 1.82) is 0 Å². The maximum atomic E-state index is 12.2. The van der Waals surface area contributed by atoms with Crippen LogP contribution in [0, 0.1) is 0 Å². The molecule has 0 spiro atoms. The second kappa shape index (κ2) is 7.77. The van der Waals surface area contributed by atoms with Crippen molar-refractivity contribution >= 4 is 35.3 Å². The van der Waals surface area contributed by atoms with Crippen molar-refractivity contribution in [1.82, 2.24) is 14.7 Å². The van der Waals surface area contributed by atoms with Gasteiger partial charge < -0.3 is 10.2 Å². The molecular formula is C17H20N4O5. The van der Waals surface area contributed by atoms with Gasteiger partial charge in [-0.25, -0.2) is 9.69 Å². The number of nitrogens with one attached hydrogen (secondary N) is 1. The molecule has 0 saturated carbocycles. The van der Waals surface area contributed by atoms with Crippen LogP contribution in [0.2, 0.25) is 0 Å². The first-order valence-electron chi connectivity index (χ1n) is 8.12. The molecule has 1 N–H and O–H groups in total. The summed E-state index contributed by atoms with van der Waals surface area (Å²) in [6.45, 7) is 4.41. The highest BCUT2D eigenvalue weighted by Crippen LogP contribution is 2.13. The van der Waals surface area contributed by atoms with Crippen molar-refractivity contribution in [2.24, 2.45) is 0 Å². The lowest BCUT2D eigenvalue weighted by molar-refractivity contribution is -0.143. The molecule has 1 aliphatic heterocycles. The number of hydrogen-bond donors (Lipinski definition) is 1. The van der Waals surface area contributed by atoms with Crippen LogP contribution in [0.1, 0.15) is 24.2 Å². The quantitative estimate of drug-likeness (QED) is 0.588. The van der Waals surface area contributed by atoms with E-state index in [4.69, 9.17) is 0 Å². The van der Waals surface area contributed by atoms with Gasteiger partial charge in [0.25, 0.3) is 5.91 Å². The Bertz CT molecular complexity index is 755. The van der Waals surface area contributed by atoms with Gasteiger partial charge in [-0.3, -0.25) is 24.1 Å². The van der Waals surface area contributed by atoms with Gasteiger partial charge in [-0.15, -0.1) is 0 Å². The average molecular weight is 360 g/mol. The van der Waals surface area contributed by atoms with Crippen LogP contribution in [-0.2, 0) is 14.4 Å². The summed E-state index contributed by atoms with van der Waals surface area (Å²) >= 11 is 0. The molecule has 1 aromatic carbocycles. The molecule has 26 heavy (non-hydrogen) atoms. The molecule has 0 radical (unpaired) electrons. The Morgan fingerprint density at radius 1 is 1.00 bits per heavy atom. The summed E-state index contributed by atoms with van der Waals surface area (Å²) in [6.07, 6.45) is 0. The average Bonchev–Trinajstić information content (AvgIpc) is 2.81. The summed E-state index contributed by atoms with van der Waals surface area (Å²) in [7, 11) is 1.17. The Morgan fingerprint density at radius 2 is 1.58 bits per heavy atom. The molecule has 1 aromatic rings. The number of imide groups is 2. The van der Waals surface area contributed by atoms with E-state index in [-0.39, 0.29) is 5.91 Å². The summed E-state index contributed by atoms with van der Waals surface area (Å²) in [6, 6.07) is 5.44. The summed E-state index contributed by atoms with van der Waals surface area (Å²) in [5.41, 5.74) is 0.897. The molecule has 9 heteroatoms. The van der Waals surface area contributed by atoms with Gasteiger partial charge in [0, 0.05) is 31.4 Å². The van der Waals surface area contributed by atoms with E-state index in [0.717, 1.165) is 0 Å². The lowest BCUT2D eigenvalue weighted by Gasteiger charge is -2.18. The molecule has 9 nitrogen and oxygen atoms in total. The van der Waals surface area contributed by atoms with Crippen LogP contribution < -0.4 is 5.32 Å². The number of anilines is 1. The second-order valence-electron chi connectivity index (χ2n) is 5.64. The van der Waals surface area contributed by atoms with Crippen molar-refractivity contribution in [3.05, 3.63) is 29.8 Å². The largest absolute Gasteiger partial charge is 0.339 e. The fourth-order valence-electron chi connectivity index (χ4n) is 2.49. The van der Waals surface area contributed by atoms with Gasteiger partial charge in [-0.05, 0) is 38.1 Å². The molecule has 1 fully saturated rings. The van der Waals surface area contributed by atoms with Crippen molar-refractivity contribution in [2.75, 3.05) is 32.0 Å². The molecular weight excluding hydrogens is 340 g/mol. The molecule has 0 bridgehead atoms. The third-order valence-corrected chi connectivity index (χ3v) is 4.02. The number of carbonyl (C=O) groups is 5. The fourth-order valence-corrected chi connectivity index (χ4v) is 2.49. The van der Waals surface area contributed by atoms with Gasteiger partial charge in [0.15, 0.2) is 0 Å². The van der Waals surface area contributed by atoms with Crippen LogP contribution in [0.5, 0.6) is 0 Å².